The lowest BCUT2D eigenvalue weighted by molar-refractivity contribution is -0.136. The summed E-state index contributed by atoms with van der Waals surface area (Å²) >= 11 is 1.33. The maximum Gasteiger partial charge on any atom is 0.408 e. The number of carbonyl (C=O) groups is 3. The molecule has 13 heteroatoms. The maximum absolute atomic E-state index is 14.1. The summed E-state index contributed by atoms with van der Waals surface area (Å²) in [4.78, 5) is 53.1. The van der Waals surface area contributed by atoms with Crippen LogP contribution in [0.4, 0.5) is 4.79 Å². The number of hydrogen-bond acceptors (Lipinski definition) is 11. The van der Waals surface area contributed by atoms with E-state index in [1.807, 2.05) is 24.5 Å². The number of ether oxygens (including phenoxy) is 6. The first kappa shape index (κ1) is 39.5. The zero-order valence-electron chi connectivity index (χ0n) is 31.3. The highest BCUT2D eigenvalue weighted by molar-refractivity contribution is 7.98. The van der Waals surface area contributed by atoms with Gasteiger partial charge in [-0.05, 0) is 105 Å². The molecular weight excluding hydrogens is 701 g/mol. The number of carbonyl (C=O) groups excluding carboxylic acids is 3. The van der Waals surface area contributed by atoms with Crippen molar-refractivity contribution in [1.82, 2.24) is 10.6 Å². The van der Waals surface area contributed by atoms with E-state index in [1.165, 1.54) is 32.9 Å². The number of methoxy groups -OCH3 is 2. The van der Waals surface area contributed by atoms with Crippen molar-refractivity contribution in [2.45, 2.75) is 95.1 Å². The van der Waals surface area contributed by atoms with Gasteiger partial charge in [-0.25, -0.2) is 9.59 Å². The van der Waals surface area contributed by atoms with Gasteiger partial charge in [0.05, 0.1) is 31.8 Å². The minimum Gasteiger partial charge on any atom is -0.492 e. The monoisotopic (exact) mass is 748 g/mol. The van der Waals surface area contributed by atoms with Crippen LogP contribution in [0.5, 0.6) is 23.0 Å². The predicted molar refractivity (Wildman–Crippen MR) is 201 cm³/mol. The summed E-state index contributed by atoms with van der Waals surface area (Å²) in [7, 11) is 2.92. The molecule has 0 aromatic heterocycles. The molecule has 1 saturated heterocycles. The van der Waals surface area contributed by atoms with Crippen molar-refractivity contribution in [2.75, 3.05) is 27.1 Å². The van der Waals surface area contributed by atoms with E-state index >= 15 is 0 Å². The normalized spacial score (nSPS) is 17.2. The molecule has 0 bridgehead atoms. The van der Waals surface area contributed by atoms with Crippen molar-refractivity contribution < 1.29 is 42.8 Å². The van der Waals surface area contributed by atoms with Crippen molar-refractivity contribution >= 4 is 29.7 Å². The van der Waals surface area contributed by atoms with Gasteiger partial charge in [0.1, 0.15) is 17.4 Å². The largest absolute Gasteiger partial charge is 0.492 e. The molecule has 12 nitrogen and oxygen atoms in total. The van der Waals surface area contributed by atoms with Crippen molar-refractivity contribution in [3.63, 3.8) is 0 Å². The highest BCUT2D eigenvalue weighted by atomic mass is 32.2. The summed E-state index contributed by atoms with van der Waals surface area (Å²) in [5, 5.41) is 5.68. The van der Waals surface area contributed by atoms with Gasteiger partial charge in [-0.1, -0.05) is 18.2 Å². The van der Waals surface area contributed by atoms with E-state index in [2.05, 4.69) is 10.6 Å². The van der Waals surface area contributed by atoms with Crippen LogP contribution >= 0.6 is 11.8 Å². The Morgan fingerprint density at radius 2 is 1.72 bits per heavy atom. The predicted octanol–water partition coefficient (Wildman–Crippen LogP) is 6.52. The lowest BCUT2D eigenvalue weighted by Crippen LogP contribution is -2.46. The Bertz CT molecular complexity index is 1870. The Morgan fingerprint density at radius 1 is 0.981 bits per heavy atom. The second kappa shape index (κ2) is 17.4. The molecule has 1 aliphatic carbocycles. The molecule has 0 radical (unpaired) electrons. The molecule has 2 unspecified atom stereocenters. The zero-order valence-corrected chi connectivity index (χ0v) is 32.1. The lowest BCUT2D eigenvalue weighted by Gasteiger charge is -2.24. The molecule has 1 heterocycles. The topological polar surface area (TPSA) is 148 Å². The fourth-order valence-electron chi connectivity index (χ4n) is 6.50. The third-order valence-corrected chi connectivity index (χ3v) is 9.61. The molecule has 3 aromatic rings. The minimum absolute atomic E-state index is 0.0782. The van der Waals surface area contributed by atoms with Gasteiger partial charge in [0.25, 0.3) is 0 Å². The number of esters is 1. The lowest BCUT2D eigenvalue weighted by atomic mass is 9.95. The van der Waals surface area contributed by atoms with Crippen molar-refractivity contribution in [1.29, 1.82) is 0 Å². The van der Waals surface area contributed by atoms with E-state index in [1.54, 1.807) is 51.1 Å². The van der Waals surface area contributed by atoms with E-state index in [0.717, 1.165) is 30.4 Å². The molecule has 284 valence electrons. The van der Waals surface area contributed by atoms with Crippen molar-refractivity contribution in [2.24, 2.45) is 0 Å². The van der Waals surface area contributed by atoms with E-state index in [4.69, 9.17) is 28.4 Å². The van der Waals surface area contributed by atoms with Crippen LogP contribution in [0.3, 0.4) is 0 Å². The molecular formula is C40H48N2O10S. The summed E-state index contributed by atoms with van der Waals surface area (Å²) in [5.74, 6) is 0.146. The van der Waals surface area contributed by atoms with Gasteiger partial charge in [0.15, 0.2) is 23.2 Å². The van der Waals surface area contributed by atoms with Crippen LogP contribution in [0, 0.1) is 0 Å². The fourth-order valence-corrected chi connectivity index (χ4v) is 6.97. The second-order valence-corrected chi connectivity index (χ2v) is 14.8. The number of fused-ring (bicyclic) bond motifs is 3. The molecule has 5 rings (SSSR count). The molecule has 2 aliphatic rings. The van der Waals surface area contributed by atoms with Crippen LogP contribution < -0.4 is 35.0 Å². The first-order chi connectivity index (χ1) is 25.3. The van der Waals surface area contributed by atoms with Gasteiger partial charge < -0.3 is 39.1 Å². The summed E-state index contributed by atoms with van der Waals surface area (Å²) in [5.41, 5.74) is 2.47. The Kier molecular flexibility index (Phi) is 12.9. The second-order valence-electron chi connectivity index (χ2n) is 13.9. The average Bonchev–Trinajstić information content (AvgIpc) is 3.35. The molecule has 3 aromatic carbocycles. The van der Waals surface area contributed by atoms with E-state index < -0.39 is 29.7 Å². The van der Waals surface area contributed by atoms with Crippen LogP contribution in [-0.2, 0) is 31.9 Å². The minimum atomic E-state index is -1.16. The number of alkyl carbamates (subject to hydrolysis) is 1. The summed E-state index contributed by atoms with van der Waals surface area (Å²) in [6.45, 7) is 7.29. The Hall–Kier alpha value is -4.75. The van der Waals surface area contributed by atoms with Gasteiger partial charge in [0.2, 0.25) is 11.7 Å². The van der Waals surface area contributed by atoms with E-state index in [0.29, 0.717) is 46.8 Å². The smallest absolute Gasteiger partial charge is 0.408 e. The molecule has 2 amide bonds. The summed E-state index contributed by atoms with van der Waals surface area (Å²) in [6.07, 6.45) is 4.58. The fraction of sp³-hybridized carbons (Fsp3) is 0.450. The highest BCUT2D eigenvalue weighted by Crippen LogP contribution is 2.50. The number of nitrogens with one attached hydrogen (secondary N) is 2. The maximum atomic E-state index is 14.1. The Balaban J connectivity index is 1.50. The molecule has 1 aliphatic heterocycles. The Morgan fingerprint density at radius 3 is 2.34 bits per heavy atom. The number of amides is 2. The number of rotatable bonds is 11. The van der Waals surface area contributed by atoms with Gasteiger partial charge in [0, 0.05) is 25.3 Å². The first-order valence-corrected chi connectivity index (χ1v) is 18.9. The quantitative estimate of drug-likeness (QED) is 0.125. The highest BCUT2D eigenvalue weighted by Gasteiger charge is 2.32. The van der Waals surface area contributed by atoms with Gasteiger partial charge in [-0.3, -0.25) is 9.59 Å². The van der Waals surface area contributed by atoms with Crippen LogP contribution in [0.1, 0.15) is 76.1 Å². The number of aryl methyl sites for hydroxylation is 1. The standard InChI is InChI=1S/C40H48N2O10S/c1-23(43)41-29-17-13-25-21-32(36(47-5)37(48-6)35(25)27-16-18-33(53-7)31(44)22-28(27)29)51-38(45)30(42-39(46)52-40(2,3)4)20-24-11-14-26(15-12-24)50-34-10-8-9-19-49-34/h11-12,14-16,18,21-22,29-30,34H,8-10,13,17,19-20H2,1-7H3,(H,41,43)(H,42,46)/t29-,30?,34?/m0/s1. The van der Waals surface area contributed by atoms with Crippen LogP contribution in [-0.4, -0.2) is 63.0 Å². The van der Waals surface area contributed by atoms with Crippen molar-refractivity contribution in [3.8, 4) is 34.1 Å². The van der Waals surface area contributed by atoms with Crippen LogP contribution in [0.25, 0.3) is 11.1 Å². The molecule has 1 fully saturated rings. The van der Waals surface area contributed by atoms with Crippen LogP contribution in [0.15, 0.2) is 58.2 Å². The molecule has 53 heavy (non-hydrogen) atoms. The number of hydrogen-bond donors (Lipinski definition) is 2. The summed E-state index contributed by atoms with van der Waals surface area (Å²) < 4.78 is 35.0. The van der Waals surface area contributed by atoms with Gasteiger partial charge in [-0.15, -0.1) is 11.8 Å². The number of thioether (sulfide) groups is 1. The van der Waals surface area contributed by atoms with Crippen molar-refractivity contribution in [3.05, 3.63) is 75.4 Å². The van der Waals surface area contributed by atoms with E-state index in [9.17, 15) is 19.2 Å². The van der Waals surface area contributed by atoms with Gasteiger partial charge >= 0.3 is 12.1 Å². The molecule has 0 saturated carbocycles. The molecule has 2 N–H and O–H groups in total. The van der Waals surface area contributed by atoms with Crippen LogP contribution in [0.2, 0.25) is 0 Å². The first-order valence-electron chi connectivity index (χ1n) is 17.7. The third-order valence-electron chi connectivity index (χ3n) is 8.83. The Labute approximate surface area is 314 Å². The summed E-state index contributed by atoms with van der Waals surface area (Å²) in [6, 6.07) is 12.5. The molecule has 0 spiro atoms. The zero-order chi connectivity index (χ0) is 38.3. The number of benzene rings is 2. The van der Waals surface area contributed by atoms with Gasteiger partial charge in [-0.2, -0.15) is 0 Å². The van der Waals surface area contributed by atoms with E-state index in [-0.39, 0.29) is 41.3 Å². The third kappa shape index (κ3) is 10.0. The SMILES string of the molecule is COc1c(OC(=O)C(Cc2ccc(OC3CCCCO3)cc2)NC(=O)OC(C)(C)C)cc2c(c1OC)-c1ccc(SC)c(=O)cc1[C@@H](NC(C)=O)CC2. The molecule has 3 atom stereocenters. The average molecular weight is 749 g/mol.